The van der Waals surface area contributed by atoms with Gasteiger partial charge in [-0.05, 0) is 47.9 Å². The zero-order valence-electron chi connectivity index (χ0n) is 16.7. The quantitative estimate of drug-likeness (QED) is 0.421. The van der Waals surface area contributed by atoms with Crippen LogP contribution >= 0.6 is 0 Å². The third-order valence-corrected chi connectivity index (χ3v) is 4.22. The minimum atomic E-state index is -0.205. The van der Waals surface area contributed by atoms with Crippen LogP contribution in [0.2, 0.25) is 0 Å². The molecular weight excluding hydrogens is 370 g/mol. The van der Waals surface area contributed by atoms with Crippen molar-refractivity contribution in [2.75, 3.05) is 27.3 Å². The highest BCUT2D eigenvalue weighted by molar-refractivity contribution is 5.94. The van der Waals surface area contributed by atoms with Crippen molar-refractivity contribution in [1.82, 2.24) is 10.6 Å². The summed E-state index contributed by atoms with van der Waals surface area (Å²) < 4.78 is 10.4. The molecule has 7 nitrogen and oxygen atoms in total. The second kappa shape index (κ2) is 11.5. The minimum absolute atomic E-state index is 0.145. The average molecular weight is 397 g/mol. The maximum Gasteiger partial charge on any atom is 0.251 e. The number of rotatable bonds is 10. The summed E-state index contributed by atoms with van der Waals surface area (Å²) in [4.78, 5) is 24.0. The van der Waals surface area contributed by atoms with E-state index in [1.165, 1.54) is 6.08 Å². The van der Waals surface area contributed by atoms with Crippen LogP contribution in [0, 0.1) is 0 Å². The first-order valence-corrected chi connectivity index (χ1v) is 9.32. The molecule has 154 valence electrons. The predicted molar refractivity (Wildman–Crippen MR) is 113 cm³/mol. The number of hydrogen-bond acceptors (Lipinski definition) is 5. The molecule has 0 bridgehead atoms. The van der Waals surface area contributed by atoms with E-state index in [0.717, 1.165) is 11.1 Å². The molecule has 4 N–H and O–H groups in total. The fraction of sp³-hybridized carbons (Fsp3) is 0.273. The van der Waals surface area contributed by atoms with Gasteiger partial charge in [-0.1, -0.05) is 18.2 Å². The Hall–Kier alpha value is -3.32. The molecule has 0 aromatic heterocycles. The number of benzene rings is 2. The zero-order chi connectivity index (χ0) is 21.1. The van der Waals surface area contributed by atoms with Crippen molar-refractivity contribution < 1.29 is 19.1 Å². The predicted octanol–water partition coefficient (Wildman–Crippen LogP) is 2.11. The van der Waals surface area contributed by atoms with Crippen LogP contribution < -0.4 is 25.8 Å². The zero-order valence-corrected chi connectivity index (χ0v) is 16.7. The summed E-state index contributed by atoms with van der Waals surface area (Å²) in [7, 11) is 3.13. The molecule has 2 aromatic rings. The number of hydrogen-bond donors (Lipinski definition) is 3. The molecule has 2 aromatic carbocycles. The Morgan fingerprint density at radius 2 is 1.66 bits per heavy atom. The van der Waals surface area contributed by atoms with Gasteiger partial charge in [0.2, 0.25) is 5.91 Å². The van der Waals surface area contributed by atoms with Crippen molar-refractivity contribution in [3.63, 3.8) is 0 Å². The highest BCUT2D eigenvalue weighted by atomic mass is 16.5. The van der Waals surface area contributed by atoms with E-state index in [1.54, 1.807) is 44.6 Å². The largest absolute Gasteiger partial charge is 0.493 e. The lowest BCUT2D eigenvalue weighted by atomic mass is 10.1. The van der Waals surface area contributed by atoms with Crippen LogP contribution in [0.4, 0.5) is 0 Å². The standard InChI is InChI=1S/C22H27N3O4/c1-28-19-10-6-16(14-20(19)29-2)7-11-21(26)24-12-3-13-25-22(27)18-8-4-17(15-23)5-9-18/h4-11,14H,3,12-13,15,23H2,1-2H3,(H,24,26)(H,25,27)/b11-7+. The summed E-state index contributed by atoms with van der Waals surface area (Å²) in [6.07, 6.45) is 3.78. The van der Waals surface area contributed by atoms with Gasteiger partial charge in [-0.25, -0.2) is 0 Å². The number of nitrogens with two attached hydrogens (primary N) is 1. The second-order valence-electron chi connectivity index (χ2n) is 6.25. The van der Waals surface area contributed by atoms with E-state index in [9.17, 15) is 9.59 Å². The summed E-state index contributed by atoms with van der Waals surface area (Å²) in [5.41, 5.74) is 7.93. The van der Waals surface area contributed by atoms with Gasteiger partial charge in [0, 0.05) is 31.3 Å². The summed E-state index contributed by atoms with van der Waals surface area (Å²) in [5.74, 6) is 0.881. The smallest absolute Gasteiger partial charge is 0.251 e. The molecule has 0 heterocycles. The Kier molecular flexibility index (Phi) is 8.72. The van der Waals surface area contributed by atoms with Crippen LogP contribution in [0.3, 0.4) is 0 Å². The number of carbonyl (C=O) groups is 2. The van der Waals surface area contributed by atoms with Crippen molar-refractivity contribution >= 4 is 17.9 Å². The second-order valence-corrected chi connectivity index (χ2v) is 6.25. The lowest BCUT2D eigenvalue weighted by Gasteiger charge is -2.08. The first-order valence-electron chi connectivity index (χ1n) is 9.32. The van der Waals surface area contributed by atoms with E-state index < -0.39 is 0 Å². The van der Waals surface area contributed by atoms with Gasteiger partial charge in [0.1, 0.15) is 0 Å². The number of methoxy groups -OCH3 is 2. The summed E-state index contributed by atoms with van der Waals surface area (Å²) in [6, 6.07) is 12.6. The van der Waals surface area contributed by atoms with Crippen LogP contribution in [0.15, 0.2) is 48.5 Å². The summed E-state index contributed by atoms with van der Waals surface area (Å²) in [5, 5.41) is 5.61. The lowest BCUT2D eigenvalue weighted by Crippen LogP contribution is -2.29. The van der Waals surface area contributed by atoms with Crippen molar-refractivity contribution in [2.24, 2.45) is 5.73 Å². The van der Waals surface area contributed by atoms with Crippen LogP contribution in [-0.4, -0.2) is 39.1 Å². The Balaban J connectivity index is 1.70. The average Bonchev–Trinajstić information content (AvgIpc) is 2.77. The van der Waals surface area contributed by atoms with E-state index in [0.29, 0.717) is 43.1 Å². The molecule has 2 rings (SSSR count). The Morgan fingerprint density at radius 1 is 0.966 bits per heavy atom. The van der Waals surface area contributed by atoms with E-state index in [4.69, 9.17) is 15.2 Å². The first kappa shape index (κ1) is 22.0. The molecule has 0 aliphatic carbocycles. The molecule has 0 unspecified atom stereocenters. The highest BCUT2D eigenvalue weighted by Gasteiger charge is 2.05. The first-order chi connectivity index (χ1) is 14.1. The maximum absolute atomic E-state index is 12.0. The fourth-order valence-electron chi connectivity index (χ4n) is 2.58. The molecule has 29 heavy (non-hydrogen) atoms. The topological polar surface area (TPSA) is 103 Å². The van der Waals surface area contributed by atoms with Crippen molar-refractivity contribution in [3.05, 3.63) is 65.2 Å². The Morgan fingerprint density at radius 3 is 2.31 bits per heavy atom. The van der Waals surface area contributed by atoms with Gasteiger partial charge in [0.25, 0.3) is 5.91 Å². The van der Waals surface area contributed by atoms with E-state index in [2.05, 4.69) is 10.6 Å². The summed E-state index contributed by atoms with van der Waals surface area (Å²) >= 11 is 0. The van der Waals surface area contributed by atoms with Crippen LogP contribution in [0.1, 0.15) is 27.9 Å². The molecule has 2 amide bonds. The lowest BCUT2D eigenvalue weighted by molar-refractivity contribution is -0.116. The highest BCUT2D eigenvalue weighted by Crippen LogP contribution is 2.27. The van der Waals surface area contributed by atoms with E-state index >= 15 is 0 Å². The number of amides is 2. The van der Waals surface area contributed by atoms with Crippen molar-refractivity contribution in [1.29, 1.82) is 0 Å². The van der Waals surface area contributed by atoms with Gasteiger partial charge in [0.05, 0.1) is 14.2 Å². The molecule has 7 heteroatoms. The molecule has 0 aliphatic rings. The van der Waals surface area contributed by atoms with Crippen LogP contribution in [0.25, 0.3) is 6.08 Å². The van der Waals surface area contributed by atoms with E-state index in [-0.39, 0.29) is 11.8 Å². The van der Waals surface area contributed by atoms with Crippen molar-refractivity contribution in [3.8, 4) is 11.5 Å². The third kappa shape index (κ3) is 6.97. The number of carbonyl (C=O) groups excluding carboxylic acids is 2. The maximum atomic E-state index is 12.0. The molecular formula is C22H27N3O4. The number of nitrogens with one attached hydrogen (secondary N) is 2. The molecule has 0 saturated carbocycles. The molecule has 0 atom stereocenters. The van der Waals surface area contributed by atoms with Gasteiger partial charge in [-0.2, -0.15) is 0 Å². The fourth-order valence-corrected chi connectivity index (χ4v) is 2.58. The SMILES string of the molecule is COc1ccc(/C=C/C(=O)NCCCNC(=O)c2ccc(CN)cc2)cc1OC. The van der Waals surface area contributed by atoms with E-state index in [1.807, 2.05) is 18.2 Å². The molecule has 0 aliphatic heterocycles. The van der Waals surface area contributed by atoms with Crippen LogP contribution in [-0.2, 0) is 11.3 Å². The third-order valence-electron chi connectivity index (χ3n) is 4.22. The Bertz CT molecular complexity index is 848. The molecule has 0 saturated heterocycles. The van der Waals surface area contributed by atoms with Gasteiger partial charge >= 0.3 is 0 Å². The van der Waals surface area contributed by atoms with Gasteiger partial charge < -0.3 is 25.8 Å². The van der Waals surface area contributed by atoms with Crippen molar-refractivity contribution in [2.45, 2.75) is 13.0 Å². The van der Waals surface area contributed by atoms with Gasteiger partial charge in [0.15, 0.2) is 11.5 Å². The molecule has 0 fully saturated rings. The van der Waals surface area contributed by atoms with Crippen LogP contribution in [0.5, 0.6) is 11.5 Å². The molecule has 0 radical (unpaired) electrons. The minimum Gasteiger partial charge on any atom is -0.493 e. The normalized spacial score (nSPS) is 10.6. The summed E-state index contributed by atoms with van der Waals surface area (Å²) in [6.45, 7) is 1.38. The van der Waals surface area contributed by atoms with Gasteiger partial charge in [-0.3, -0.25) is 9.59 Å². The molecule has 0 spiro atoms. The number of ether oxygens (including phenoxy) is 2. The monoisotopic (exact) mass is 397 g/mol. The van der Waals surface area contributed by atoms with Gasteiger partial charge in [-0.15, -0.1) is 0 Å². The Labute approximate surface area is 170 Å².